The van der Waals surface area contributed by atoms with Gasteiger partial charge in [0.15, 0.2) is 0 Å². The fourth-order valence-corrected chi connectivity index (χ4v) is 3.17. The lowest BCUT2D eigenvalue weighted by Gasteiger charge is -2.34. The van der Waals surface area contributed by atoms with Crippen LogP contribution in [-0.2, 0) is 16.1 Å². The number of nitrogens with one attached hydrogen (secondary N) is 1. The van der Waals surface area contributed by atoms with Crippen molar-refractivity contribution in [2.45, 2.75) is 51.6 Å². The van der Waals surface area contributed by atoms with Crippen molar-refractivity contribution in [1.29, 1.82) is 0 Å². The maximum Gasteiger partial charge on any atom is 0.303 e. The van der Waals surface area contributed by atoms with Crippen LogP contribution in [0.2, 0.25) is 0 Å². The van der Waals surface area contributed by atoms with Gasteiger partial charge in [0.1, 0.15) is 0 Å². The normalized spacial score (nSPS) is 19.0. The van der Waals surface area contributed by atoms with Crippen molar-refractivity contribution < 1.29 is 14.7 Å². The van der Waals surface area contributed by atoms with Crippen molar-refractivity contribution in [3.63, 3.8) is 0 Å². The summed E-state index contributed by atoms with van der Waals surface area (Å²) < 4.78 is 0. The number of amides is 1. The first-order chi connectivity index (χ1) is 11.4. The molecule has 1 amide bonds. The van der Waals surface area contributed by atoms with Crippen molar-refractivity contribution in [2.24, 2.45) is 5.92 Å². The number of rotatable bonds is 7. The molecule has 1 aliphatic heterocycles. The lowest BCUT2D eigenvalue weighted by Crippen LogP contribution is -2.50. The van der Waals surface area contributed by atoms with Gasteiger partial charge in [0.05, 0.1) is 5.92 Å². The van der Waals surface area contributed by atoms with Gasteiger partial charge in [0.25, 0.3) is 0 Å². The number of carbonyl (C=O) groups is 2. The Morgan fingerprint density at radius 1 is 1.29 bits per heavy atom. The highest BCUT2D eigenvalue weighted by atomic mass is 16.4. The van der Waals surface area contributed by atoms with E-state index in [1.165, 1.54) is 5.56 Å². The first-order valence-electron chi connectivity index (χ1n) is 8.66. The number of carboxylic acid groups (broad SMARTS) is 1. The molecular formula is C19H28N2O3. The number of likely N-dealkylation sites (tertiary alicyclic amines) is 1. The van der Waals surface area contributed by atoms with Crippen LogP contribution in [0, 0.1) is 5.92 Å². The van der Waals surface area contributed by atoms with Crippen molar-refractivity contribution >= 4 is 11.9 Å². The molecule has 1 unspecified atom stereocenters. The molecule has 132 valence electrons. The highest BCUT2D eigenvalue weighted by Gasteiger charge is 2.29. The molecule has 24 heavy (non-hydrogen) atoms. The second-order valence-electron chi connectivity index (χ2n) is 7.33. The molecule has 0 spiro atoms. The molecule has 0 bridgehead atoms. The molecule has 2 N–H and O–H groups in total. The number of carbonyl (C=O) groups excluding carboxylic acids is 1. The third-order valence-electron chi connectivity index (χ3n) is 4.55. The fraction of sp³-hybridized carbons (Fsp3) is 0.579. The molecule has 1 aliphatic rings. The Balaban J connectivity index is 1.86. The van der Waals surface area contributed by atoms with Crippen LogP contribution < -0.4 is 5.32 Å². The first-order valence-corrected chi connectivity index (χ1v) is 8.66. The van der Waals surface area contributed by atoms with Gasteiger partial charge in [-0.05, 0) is 45.2 Å². The van der Waals surface area contributed by atoms with Gasteiger partial charge in [-0.2, -0.15) is 0 Å². The Labute approximate surface area is 144 Å². The van der Waals surface area contributed by atoms with E-state index in [4.69, 9.17) is 5.11 Å². The van der Waals surface area contributed by atoms with E-state index in [2.05, 4.69) is 22.3 Å². The summed E-state index contributed by atoms with van der Waals surface area (Å²) in [5.74, 6) is -0.807. The average molecular weight is 332 g/mol. The number of hydrogen-bond acceptors (Lipinski definition) is 3. The minimum absolute atomic E-state index is 0.0217. The smallest absolute Gasteiger partial charge is 0.303 e. The zero-order valence-electron chi connectivity index (χ0n) is 14.6. The number of benzene rings is 1. The van der Waals surface area contributed by atoms with Crippen LogP contribution in [0.1, 0.15) is 45.1 Å². The molecule has 0 aliphatic carbocycles. The Morgan fingerprint density at radius 2 is 2.00 bits per heavy atom. The maximum absolute atomic E-state index is 12.6. The molecule has 5 heteroatoms. The van der Waals surface area contributed by atoms with Crippen LogP contribution in [0.5, 0.6) is 0 Å². The lowest BCUT2D eigenvalue weighted by molar-refractivity contribution is -0.138. The van der Waals surface area contributed by atoms with Gasteiger partial charge in [-0.3, -0.25) is 14.5 Å². The molecule has 0 radical (unpaired) electrons. The molecule has 1 atom stereocenters. The summed E-state index contributed by atoms with van der Waals surface area (Å²) in [6.07, 6.45) is 2.42. The van der Waals surface area contributed by atoms with Crippen LogP contribution in [-0.4, -0.2) is 40.5 Å². The van der Waals surface area contributed by atoms with Gasteiger partial charge in [0.2, 0.25) is 5.91 Å². The SMILES string of the molecule is CC(C)(CCC(=O)O)NC(=O)C1CCCN(Cc2ccccc2)C1. The third-order valence-corrected chi connectivity index (χ3v) is 4.55. The predicted molar refractivity (Wildman–Crippen MR) is 93.5 cm³/mol. The number of carboxylic acids is 1. The highest BCUT2D eigenvalue weighted by Crippen LogP contribution is 2.20. The van der Waals surface area contributed by atoms with Crippen LogP contribution >= 0.6 is 0 Å². The van der Waals surface area contributed by atoms with Gasteiger partial charge in [-0.1, -0.05) is 30.3 Å². The minimum atomic E-state index is -0.830. The van der Waals surface area contributed by atoms with E-state index < -0.39 is 11.5 Å². The van der Waals surface area contributed by atoms with Crippen LogP contribution in [0.4, 0.5) is 0 Å². The second kappa shape index (κ2) is 8.29. The van der Waals surface area contributed by atoms with Gasteiger partial charge < -0.3 is 10.4 Å². The molecule has 1 aromatic carbocycles. The maximum atomic E-state index is 12.6. The fourth-order valence-electron chi connectivity index (χ4n) is 3.17. The summed E-state index contributed by atoms with van der Waals surface area (Å²) >= 11 is 0. The predicted octanol–water partition coefficient (Wildman–Crippen LogP) is 2.66. The van der Waals surface area contributed by atoms with Gasteiger partial charge >= 0.3 is 5.97 Å². The zero-order valence-corrected chi connectivity index (χ0v) is 14.6. The number of aliphatic carboxylic acids is 1. The van der Waals surface area contributed by atoms with E-state index in [1.54, 1.807) is 0 Å². The largest absolute Gasteiger partial charge is 0.481 e. The van der Waals surface area contributed by atoms with Gasteiger partial charge in [0, 0.05) is 25.0 Å². The van der Waals surface area contributed by atoms with Crippen molar-refractivity contribution in [3.8, 4) is 0 Å². The Morgan fingerprint density at radius 3 is 2.67 bits per heavy atom. The summed E-state index contributed by atoms with van der Waals surface area (Å²) in [7, 11) is 0. The number of hydrogen-bond donors (Lipinski definition) is 2. The van der Waals surface area contributed by atoms with Crippen molar-refractivity contribution in [1.82, 2.24) is 10.2 Å². The standard InChI is InChI=1S/C19H28N2O3/c1-19(2,11-10-17(22)23)20-18(24)16-9-6-12-21(14-16)13-15-7-4-3-5-8-15/h3-5,7-8,16H,6,9-14H2,1-2H3,(H,20,24)(H,22,23). The van der Waals surface area contributed by atoms with E-state index in [0.717, 1.165) is 32.5 Å². The molecule has 0 saturated carbocycles. The van der Waals surface area contributed by atoms with E-state index in [1.807, 2.05) is 32.0 Å². The lowest BCUT2D eigenvalue weighted by atomic mass is 9.93. The molecular weight excluding hydrogens is 304 g/mol. The molecule has 5 nitrogen and oxygen atoms in total. The zero-order chi connectivity index (χ0) is 17.6. The third kappa shape index (κ3) is 5.96. The summed E-state index contributed by atoms with van der Waals surface area (Å²) in [5, 5.41) is 11.9. The Hall–Kier alpha value is -1.88. The van der Waals surface area contributed by atoms with E-state index in [0.29, 0.717) is 6.42 Å². The Bertz CT molecular complexity index is 557. The van der Waals surface area contributed by atoms with Crippen LogP contribution in [0.25, 0.3) is 0 Å². The van der Waals surface area contributed by atoms with E-state index >= 15 is 0 Å². The van der Waals surface area contributed by atoms with Crippen molar-refractivity contribution in [3.05, 3.63) is 35.9 Å². The van der Waals surface area contributed by atoms with Gasteiger partial charge in [-0.25, -0.2) is 0 Å². The summed E-state index contributed by atoms with van der Waals surface area (Å²) in [4.78, 5) is 25.6. The number of piperidine rings is 1. The minimum Gasteiger partial charge on any atom is -0.481 e. The summed E-state index contributed by atoms with van der Waals surface area (Å²) in [6.45, 7) is 6.42. The quantitative estimate of drug-likeness (QED) is 0.805. The molecule has 0 aromatic heterocycles. The highest BCUT2D eigenvalue weighted by molar-refractivity contribution is 5.79. The Kier molecular flexibility index (Phi) is 6.37. The molecule has 2 rings (SSSR count). The van der Waals surface area contributed by atoms with Crippen LogP contribution in [0.3, 0.4) is 0 Å². The summed E-state index contributed by atoms with van der Waals surface area (Å²) in [6, 6.07) is 10.3. The van der Waals surface area contributed by atoms with Crippen LogP contribution in [0.15, 0.2) is 30.3 Å². The molecule has 1 fully saturated rings. The summed E-state index contributed by atoms with van der Waals surface area (Å²) in [5.41, 5.74) is 0.775. The molecule has 1 heterocycles. The van der Waals surface area contributed by atoms with E-state index in [-0.39, 0.29) is 18.2 Å². The average Bonchev–Trinajstić information content (AvgIpc) is 2.54. The topological polar surface area (TPSA) is 69.6 Å². The number of nitrogens with zero attached hydrogens (tertiary/aromatic N) is 1. The van der Waals surface area contributed by atoms with Gasteiger partial charge in [-0.15, -0.1) is 0 Å². The monoisotopic (exact) mass is 332 g/mol. The second-order valence-corrected chi connectivity index (χ2v) is 7.33. The van der Waals surface area contributed by atoms with Crippen molar-refractivity contribution in [2.75, 3.05) is 13.1 Å². The molecule has 1 saturated heterocycles. The first kappa shape index (κ1) is 18.5. The van der Waals surface area contributed by atoms with E-state index in [9.17, 15) is 9.59 Å². The molecule has 1 aromatic rings.